The minimum atomic E-state index is -1.00. The van der Waals surface area contributed by atoms with Gasteiger partial charge in [0.05, 0.1) is 568 Å². The SMILES string of the molecule is O=C(O)COCCOCCOCCOCCOCCOCCOCCOCCOCCOCCOCCOCCOCCOCCOCCOCCOCCOCCOCCOCCOCCOCCOCCOCCOCCOCCOCCOCCOCCOCCOCCOCCOCCOCCOCCOCCOCCOCCOCCOCCOCCOCCOCCOCC(=O)O. The molecule has 0 fully saturated rings. The fraction of sp³-hybridized carbons (Fsp3) is 0.978. The molecule has 0 atom stereocenters. The molecule has 0 aliphatic rings. The van der Waals surface area contributed by atoms with E-state index < -0.39 is 11.9 Å². The summed E-state index contributed by atoms with van der Waals surface area (Å²) >= 11 is 0. The molecule has 0 aromatic carbocycles. The molecular weight excluding hydrogens is 1850 g/mol. The third-order valence-electron chi connectivity index (χ3n) is 16.4. The van der Waals surface area contributed by atoms with E-state index in [-0.39, 0.29) is 26.4 Å². The molecule has 0 amide bonds. The van der Waals surface area contributed by atoms with Crippen LogP contribution in [0.25, 0.3) is 0 Å². The van der Waals surface area contributed by atoms with Crippen LogP contribution in [0, 0.1) is 0 Å². The lowest BCUT2D eigenvalue weighted by Crippen LogP contribution is -2.16. The highest BCUT2D eigenvalue weighted by molar-refractivity contribution is 5.68. The first-order chi connectivity index (χ1) is 68.6. The van der Waals surface area contributed by atoms with Crippen LogP contribution in [0.3, 0.4) is 0 Å². The molecule has 0 unspecified atom stereocenters. The van der Waals surface area contributed by atoms with Crippen molar-refractivity contribution in [1.82, 2.24) is 0 Å². The molecule has 0 bridgehead atoms. The third kappa shape index (κ3) is 133. The molecular formula is C90H178O48. The summed E-state index contributed by atoms with van der Waals surface area (Å²) in [5, 5.41) is 17.0. The van der Waals surface area contributed by atoms with Gasteiger partial charge in [-0.25, -0.2) is 9.59 Å². The van der Waals surface area contributed by atoms with Crippen molar-refractivity contribution in [1.29, 1.82) is 0 Å². The van der Waals surface area contributed by atoms with E-state index in [0.29, 0.717) is 555 Å². The number of hydrogen-bond acceptors (Lipinski definition) is 46. The highest BCUT2D eigenvalue weighted by atomic mass is 16.7. The number of carboxylic acids is 2. The molecule has 2 N–H and O–H groups in total. The van der Waals surface area contributed by atoms with Crippen molar-refractivity contribution >= 4 is 11.9 Å². The molecule has 0 saturated carbocycles. The lowest BCUT2D eigenvalue weighted by atomic mass is 10.6. The van der Waals surface area contributed by atoms with Gasteiger partial charge in [0.2, 0.25) is 0 Å². The van der Waals surface area contributed by atoms with Gasteiger partial charge in [0, 0.05) is 0 Å². The number of carbonyl (C=O) groups is 2. The Hall–Kier alpha value is -2.82. The summed E-state index contributed by atoms with van der Waals surface area (Å²) in [6.45, 7) is 38.6. The van der Waals surface area contributed by atoms with E-state index in [4.69, 9.17) is 219 Å². The van der Waals surface area contributed by atoms with Gasteiger partial charge in [0.25, 0.3) is 0 Å². The highest BCUT2D eigenvalue weighted by Gasteiger charge is 2.07. The second-order valence-electron chi connectivity index (χ2n) is 27.6. The molecule has 0 saturated heterocycles. The number of hydrogen-bond donors (Lipinski definition) is 2. The van der Waals surface area contributed by atoms with Crippen LogP contribution in [-0.2, 0) is 218 Å². The van der Waals surface area contributed by atoms with E-state index in [1.54, 1.807) is 0 Å². The molecule has 48 nitrogen and oxygen atoms in total. The zero-order chi connectivity index (χ0) is 98.5. The average Bonchev–Trinajstić information content (AvgIpc) is 1.07. The van der Waals surface area contributed by atoms with Crippen LogP contribution in [-0.4, -0.2) is 604 Å². The van der Waals surface area contributed by atoms with Crippen molar-refractivity contribution in [3.05, 3.63) is 0 Å². The van der Waals surface area contributed by atoms with Crippen molar-refractivity contribution in [2.75, 3.05) is 581 Å². The molecule has 0 heterocycles. The zero-order valence-electron chi connectivity index (χ0n) is 82.9. The van der Waals surface area contributed by atoms with Gasteiger partial charge >= 0.3 is 11.9 Å². The number of carboxylic acid groups (broad SMARTS) is 2. The molecule has 0 aliphatic carbocycles. The molecule has 0 aromatic rings. The normalized spacial score (nSPS) is 11.8. The zero-order valence-corrected chi connectivity index (χ0v) is 82.9. The van der Waals surface area contributed by atoms with Crippen molar-refractivity contribution in [2.45, 2.75) is 0 Å². The summed E-state index contributed by atoms with van der Waals surface area (Å²) in [5.74, 6) is -2.01. The first-order valence-electron chi connectivity index (χ1n) is 48.5. The van der Waals surface area contributed by atoms with Crippen molar-refractivity contribution in [2.24, 2.45) is 0 Å². The van der Waals surface area contributed by atoms with E-state index in [9.17, 15) is 9.59 Å². The Morgan fingerprint density at radius 1 is 0.0797 bits per heavy atom. The summed E-state index contributed by atoms with van der Waals surface area (Å²) in [6, 6.07) is 0. The summed E-state index contributed by atoms with van der Waals surface area (Å²) in [4.78, 5) is 20.7. The van der Waals surface area contributed by atoms with Crippen LogP contribution in [0.4, 0.5) is 0 Å². The first-order valence-corrected chi connectivity index (χ1v) is 48.5. The van der Waals surface area contributed by atoms with E-state index in [2.05, 4.69) is 0 Å². The smallest absolute Gasteiger partial charge is 0.329 e. The highest BCUT2D eigenvalue weighted by Crippen LogP contribution is 1.97. The third-order valence-corrected chi connectivity index (χ3v) is 16.4. The van der Waals surface area contributed by atoms with Crippen molar-refractivity contribution in [3.8, 4) is 0 Å². The van der Waals surface area contributed by atoms with Gasteiger partial charge in [-0.3, -0.25) is 0 Å². The number of rotatable bonds is 133. The van der Waals surface area contributed by atoms with Gasteiger partial charge in [0.1, 0.15) is 13.2 Å². The predicted molar refractivity (Wildman–Crippen MR) is 491 cm³/mol. The van der Waals surface area contributed by atoms with Crippen molar-refractivity contribution in [3.63, 3.8) is 0 Å². The molecule has 48 heteroatoms. The van der Waals surface area contributed by atoms with E-state index in [1.165, 1.54) is 0 Å². The molecule has 0 rings (SSSR count). The fourth-order valence-corrected chi connectivity index (χ4v) is 9.67. The predicted octanol–water partition coefficient (Wildman–Crippen LogP) is -0.114. The van der Waals surface area contributed by atoms with Gasteiger partial charge in [-0.15, -0.1) is 0 Å². The second-order valence-corrected chi connectivity index (χ2v) is 27.6. The topological polar surface area (TPSA) is 481 Å². The maximum atomic E-state index is 10.3. The lowest BCUT2D eigenvalue weighted by Gasteiger charge is -2.09. The van der Waals surface area contributed by atoms with Crippen LogP contribution in [0.2, 0.25) is 0 Å². The Labute approximate surface area is 818 Å². The van der Waals surface area contributed by atoms with E-state index in [0.717, 1.165) is 0 Å². The summed E-state index contributed by atoms with van der Waals surface area (Å²) in [5.41, 5.74) is 0. The van der Waals surface area contributed by atoms with Gasteiger partial charge in [0.15, 0.2) is 0 Å². The van der Waals surface area contributed by atoms with Crippen LogP contribution in [0.15, 0.2) is 0 Å². The first kappa shape index (κ1) is 135. The Kier molecular flexibility index (Phi) is 128. The minimum absolute atomic E-state index is 0.229. The fourth-order valence-electron chi connectivity index (χ4n) is 9.67. The summed E-state index contributed by atoms with van der Waals surface area (Å²) in [7, 11) is 0. The van der Waals surface area contributed by atoms with Crippen LogP contribution in [0.5, 0.6) is 0 Å². The Morgan fingerprint density at radius 3 is 0.152 bits per heavy atom. The maximum absolute atomic E-state index is 10.3. The lowest BCUT2D eigenvalue weighted by molar-refractivity contribution is -0.143. The molecule has 0 aliphatic heterocycles. The molecule has 0 spiro atoms. The van der Waals surface area contributed by atoms with Crippen LogP contribution in [0.1, 0.15) is 0 Å². The van der Waals surface area contributed by atoms with E-state index in [1.807, 2.05) is 0 Å². The van der Waals surface area contributed by atoms with Gasteiger partial charge in [-0.2, -0.15) is 0 Å². The summed E-state index contributed by atoms with van der Waals surface area (Å²) in [6.07, 6.45) is 0. The second kappa shape index (κ2) is 130. The molecule has 826 valence electrons. The maximum Gasteiger partial charge on any atom is 0.329 e. The van der Waals surface area contributed by atoms with Gasteiger partial charge in [-0.05, 0) is 0 Å². The van der Waals surface area contributed by atoms with Gasteiger partial charge < -0.3 is 219 Å². The van der Waals surface area contributed by atoms with Crippen LogP contribution >= 0.6 is 0 Å². The number of aliphatic carboxylic acids is 2. The van der Waals surface area contributed by atoms with Gasteiger partial charge in [-0.1, -0.05) is 0 Å². The quantitative estimate of drug-likeness (QED) is 0.0750. The Bertz CT molecular complexity index is 1910. The minimum Gasteiger partial charge on any atom is -0.480 e. The van der Waals surface area contributed by atoms with Crippen LogP contribution < -0.4 is 0 Å². The number of ether oxygens (including phenoxy) is 44. The Morgan fingerprint density at radius 2 is 0.116 bits per heavy atom. The monoisotopic (exact) mass is 2030 g/mol. The summed E-state index contributed by atoms with van der Waals surface area (Å²) < 4.78 is 241. The largest absolute Gasteiger partial charge is 0.480 e. The standard InChI is InChI=1S/C90H178O48/c91-89(92)87-137-85-83-135-81-79-133-77-75-131-73-71-129-69-67-127-65-63-125-61-59-123-57-55-121-53-51-119-49-47-117-45-43-115-41-39-113-37-35-111-33-31-109-29-27-107-25-23-105-21-19-103-17-15-101-13-11-99-9-7-97-5-3-95-1-2-96-4-6-98-8-10-100-12-14-102-16-18-104-20-22-106-24-26-108-28-30-110-32-34-112-36-38-114-40-42-116-44-46-118-48-50-120-52-54-122-56-58-124-60-62-126-64-66-128-68-70-130-72-74-132-76-78-134-80-82-136-84-86-138-88-90(93)94/h1-88H2,(H,91,92)(H,93,94). The average molecular weight is 2030 g/mol. The Balaban J connectivity index is 3.11. The van der Waals surface area contributed by atoms with E-state index >= 15 is 0 Å². The molecule has 0 aromatic heterocycles. The van der Waals surface area contributed by atoms with Crippen molar-refractivity contribution < 1.29 is 228 Å². The molecule has 138 heavy (non-hydrogen) atoms. The molecule has 0 radical (unpaired) electrons.